The van der Waals surface area contributed by atoms with E-state index in [0.29, 0.717) is 53.4 Å². The molecule has 0 unspecified atom stereocenters. The fraction of sp³-hybridized carbons (Fsp3) is 0.462. The predicted molar refractivity (Wildman–Crippen MR) is 132 cm³/mol. The molecule has 33 heavy (non-hydrogen) atoms. The Labute approximate surface area is 205 Å². The number of anilines is 1. The molecule has 5 nitrogen and oxygen atoms in total. The second-order valence-electron chi connectivity index (χ2n) is 9.06. The van der Waals surface area contributed by atoms with Crippen molar-refractivity contribution in [1.82, 2.24) is 4.90 Å². The van der Waals surface area contributed by atoms with Crippen molar-refractivity contribution in [2.24, 2.45) is 0 Å². The largest absolute Gasteiger partial charge is 0.381 e. The maximum Gasteiger partial charge on any atom is 0.253 e. The van der Waals surface area contributed by atoms with Gasteiger partial charge >= 0.3 is 0 Å². The van der Waals surface area contributed by atoms with Crippen molar-refractivity contribution in [3.63, 3.8) is 0 Å². The zero-order valence-electron chi connectivity index (χ0n) is 18.9. The third-order valence-electron chi connectivity index (χ3n) is 7.06. The van der Waals surface area contributed by atoms with Crippen LogP contribution in [0.5, 0.6) is 0 Å². The highest BCUT2D eigenvalue weighted by atomic mass is 35.5. The fourth-order valence-electron chi connectivity index (χ4n) is 5.00. The van der Waals surface area contributed by atoms with Crippen molar-refractivity contribution in [1.29, 1.82) is 0 Å². The van der Waals surface area contributed by atoms with Crippen molar-refractivity contribution in [3.05, 3.63) is 63.6 Å². The van der Waals surface area contributed by atoms with Gasteiger partial charge in [-0.25, -0.2) is 0 Å². The van der Waals surface area contributed by atoms with Crippen LogP contribution in [-0.4, -0.2) is 43.0 Å². The van der Waals surface area contributed by atoms with Gasteiger partial charge in [-0.15, -0.1) is 0 Å². The Kier molecular flexibility index (Phi) is 7.62. The van der Waals surface area contributed by atoms with E-state index in [2.05, 4.69) is 5.32 Å². The number of carbonyl (C=O) groups excluding carboxylic acids is 2. The Bertz CT molecular complexity index is 997. The third kappa shape index (κ3) is 5.21. The van der Waals surface area contributed by atoms with Crippen LogP contribution < -0.4 is 5.32 Å². The van der Waals surface area contributed by atoms with Gasteiger partial charge in [-0.1, -0.05) is 48.5 Å². The number of carbonyl (C=O) groups is 2. The highest BCUT2D eigenvalue weighted by Crippen LogP contribution is 2.40. The predicted octanol–water partition coefficient (Wildman–Crippen LogP) is 6.09. The van der Waals surface area contributed by atoms with Gasteiger partial charge in [-0.2, -0.15) is 0 Å². The van der Waals surface area contributed by atoms with E-state index in [9.17, 15) is 9.59 Å². The molecule has 7 heteroatoms. The summed E-state index contributed by atoms with van der Waals surface area (Å²) in [6, 6.07) is 12.7. The van der Waals surface area contributed by atoms with E-state index in [1.54, 1.807) is 36.4 Å². The van der Waals surface area contributed by atoms with Crippen LogP contribution in [0.1, 0.15) is 60.9 Å². The van der Waals surface area contributed by atoms with Gasteiger partial charge in [0.25, 0.3) is 5.91 Å². The molecular formula is C26H30Cl2N2O3. The molecule has 2 aliphatic rings. The number of halogens is 2. The molecule has 2 amide bonds. The number of benzene rings is 2. The van der Waals surface area contributed by atoms with E-state index in [4.69, 9.17) is 27.9 Å². The molecule has 0 aromatic heterocycles. The van der Waals surface area contributed by atoms with Crippen molar-refractivity contribution >= 4 is 40.7 Å². The first-order valence-electron chi connectivity index (χ1n) is 11.6. The van der Waals surface area contributed by atoms with E-state index in [1.807, 2.05) is 18.0 Å². The Balaban J connectivity index is 1.50. The minimum atomic E-state index is -0.796. The summed E-state index contributed by atoms with van der Waals surface area (Å²) in [4.78, 5) is 28.3. The van der Waals surface area contributed by atoms with Crippen LogP contribution in [-0.2, 0) is 14.9 Å². The summed E-state index contributed by atoms with van der Waals surface area (Å²) in [5.74, 6) is -0.109. The summed E-state index contributed by atoms with van der Waals surface area (Å²) < 4.78 is 5.53. The maximum atomic E-state index is 13.5. The maximum absolute atomic E-state index is 13.5. The summed E-state index contributed by atoms with van der Waals surface area (Å²) in [7, 11) is 1.89. The molecule has 0 radical (unpaired) electrons. The van der Waals surface area contributed by atoms with Crippen LogP contribution in [0, 0.1) is 0 Å². The van der Waals surface area contributed by atoms with Crippen LogP contribution >= 0.6 is 23.2 Å². The van der Waals surface area contributed by atoms with Gasteiger partial charge in [0, 0.05) is 47.6 Å². The summed E-state index contributed by atoms with van der Waals surface area (Å²) in [6.07, 6.45) is 6.80. The first kappa shape index (κ1) is 24.1. The standard InChI is InChI=1S/C26H30Cl2N2O3/c1-30(21-5-3-2-4-6-21)24(31)18-7-10-20(11-8-18)29-25(32)26(13-15-33-16-14-26)22-12-9-19(27)17-23(22)28/h7-12,17,21H,2-6,13-16H2,1H3,(H,29,32). The van der Waals surface area contributed by atoms with Crippen molar-refractivity contribution in [2.45, 2.75) is 56.4 Å². The minimum absolute atomic E-state index is 0.0219. The molecule has 0 atom stereocenters. The van der Waals surface area contributed by atoms with E-state index in [-0.39, 0.29) is 11.8 Å². The molecule has 2 fully saturated rings. The Morgan fingerprint density at radius 1 is 1.00 bits per heavy atom. The second-order valence-corrected chi connectivity index (χ2v) is 9.90. The van der Waals surface area contributed by atoms with E-state index >= 15 is 0 Å². The summed E-state index contributed by atoms with van der Waals surface area (Å²) >= 11 is 12.6. The molecule has 1 aliphatic heterocycles. The van der Waals surface area contributed by atoms with Gasteiger partial charge < -0.3 is 15.0 Å². The van der Waals surface area contributed by atoms with Crippen LogP contribution in [0.4, 0.5) is 5.69 Å². The summed E-state index contributed by atoms with van der Waals surface area (Å²) in [6.45, 7) is 0.959. The topological polar surface area (TPSA) is 58.6 Å². The van der Waals surface area contributed by atoms with Gasteiger partial charge in [0.2, 0.25) is 5.91 Å². The molecule has 4 rings (SSSR count). The molecule has 1 aliphatic carbocycles. The molecule has 2 aromatic carbocycles. The summed E-state index contributed by atoms with van der Waals surface area (Å²) in [5, 5.41) is 4.05. The Morgan fingerprint density at radius 3 is 2.30 bits per heavy atom. The first-order valence-corrected chi connectivity index (χ1v) is 12.4. The molecule has 0 spiro atoms. The van der Waals surface area contributed by atoms with Crippen molar-refractivity contribution < 1.29 is 14.3 Å². The lowest BCUT2D eigenvalue weighted by atomic mass is 9.73. The molecular weight excluding hydrogens is 459 g/mol. The molecule has 1 heterocycles. The molecule has 0 bridgehead atoms. The van der Waals surface area contributed by atoms with Gasteiger partial charge in [0.1, 0.15) is 0 Å². The Morgan fingerprint density at radius 2 is 1.67 bits per heavy atom. The average molecular weight is 489 g/mol. The SMILES string of the molecule is CN(C(=O)c1ccc(NC(=O)C2(c3ccc(Cl)cc3Cl)CCOCC2)cc1)C1CCCCC1. The lowest BCUT2D eigenvalue weighted by molar-refractivity contribution is -0.125. The number of hydrogen-bond donors (Lipinski definition) is 1. The van der Waals surface area contributed by atoms with Gasteiger partial charge in [-0.05, 0) is 67.6 Å². The van der Waals surface area contributed by atoms with Crippen molar-refractivity contribution in [3.8, 4) is 0 Å². The van der Waals surface area contributed by atoms with Crippen LogP contribution in [0.15, 0.2) is 42.5 Å². The van der Waals surface area contributed by atoms with E-state index < -0.39 is 5.41 Å². The van der Waals surface area contributed by atoms with E-state index in [0.717, 1.165) is 18.4 Å². The number of nitrogens with one attached hydrogen (secondary N) is 1. The molecule has 1 N–H and O–H groups in total. The van der Waals surface area contributed by atoms with Crippen LogP contribution in [0.2, 0.25) is 10.0 Å². The van der Waals surface area contributed by atoms with Gasteiger partial charge in [-0.3, -0.25) is 9.59 Å². The number of ether oxygens (including phenoxy) is 1. The highest BCUT2D eigenvalue weighted by molar-refractivity contribution is 6.35. The van der Waals surface area contributed by atoms with Gasteiger partial charge in [0.05, 0.1) is 5.41 Å². The lowest BCUT2D eigenvalue weighted by Gasteiger charge is -2.37. The molecule has 2 aromatic rings. The zero-order valence-corrected chi connectivity index (χ0v) is 20.4. The zero-order chi connectivity index (χ0) is 23.4. The van der Waals surface area contributed by atoms with Gasteiger partial charge in [0.15, 0.2) is 0 Å². The summed E-state index contributed by atoms with van der Waals surface area (Å²) in [5.41, 5.74) is 1.24. The number of rotatable bonds is 5. The second kappa shape index (κ2) is 10.5. The number of amides is 2. The van der Waals surface area contributed by atoms with Crippen molar-refractivity contribution in [2.75, 3.05) is 25.6 Å². The fourth-order valence-corrected chi connectivity index (χ4v) is 5.59. The molecule has 176 valence electrons. The van der Waals surface area contributed by atoms with E-state index in [1.165, 1.54) is 19.3 Å². The minimum Gasteiger partial charge on any atom is -0.381 e. The smallest absolute Gasteiger partial charge is 0.253 e. The van der Waals surface area contributed by atoms with Crippen LogP contribution in [0.25, 0.3) is 0 Å². The normalized spacial score (nSPS) is 18.5. The molecule has 1 saturated heterocycles. The number of nitrogens with zero attached hydrogens (tertiary/aromatic N) is 1. The first-order chi connectivity index (χ1) is 15.9. The third-order valence-corrected chi connectivity index (χ3v) is 7.61. The quantitative estimate of drug-likeness (QED) is 0.554. The average Bonchev–Trinajstić information content (AvgIpc) is 2.84. The highest BCUT2D eigenvalue weighted by Gasteiger charge is 2.43. The van der Waals surface area contributed by atoms with Crippen LogP contribution in [0.3, 0.4) is 0 Å². The number of hydrogen-bond acceptors (Lipinski definition) is 3. The monoisotopic (exact) mass is 488 g/mol. The Hall–Kier alpha value is -2.08. The lowest BCUT2D eigenvalue weighted by Crippen LogP contribution is -2.45. The molecule has 1 saturated carbocycles.